The molecule has 4 N–H and O–H groups in total. The minimum atomic E-state index is -1.16. The van der Waals surface area contributed by atoms with Gasteiger partial charge in [-0.15, -0.1) is 6.58 Å². The summed E-state index contributed by atoms with van der Waals surface area (Å²) < 4.78 is 19.1. The van der Waals surface area contributed by atoms with Crippen molar-refractivity contribution in [2.75, 3.05) is 14.2 Å². The zero-order chi connectivity index (χ0) is 23.1. The Bertz CT molecular complexity index is 764. The minimum absolute atomic E-state index is 0.655. The van der Waals surface area contributed by atoms with Crippen LogP contribution in [0.4, 0.5) is 0 Å². The van der Waals surface area contributed by atoms with Crippen LogP contribution in [0.1, 0.15) is 5.56 Å². The molecule has 2 aliphatic rings. The fourth-order valence-electron chi connectivity index (χ4n) is 3.00. The second-order valence-electron chi connectivity index (χ2n) is 6.73. The Hall–Kier alpha value is -2.12. The highest BCUT2D eigenvalue weighted by Crippen LogP contribution is 2.23. The molecule has 4 unspecified atom stereocenters. The van der Waals surface area contributed by atoms with Crippen molar-refractivity contribution in [1.82, 2.24) is 0 Å². The molecule has 8 atom stereocenters. The number of esters is 2. The first-order chi connectivity index (χ1) is 14.7. The van der Waals surface area contributed by atoms with Crippen LogP contribution < -0.4 is 0 Å². The second-order valence-corrected chi connectivity index (χ2v) is 7.51. The number of carbonyl (C=O) groups is 2. The molecule has 1 aromatic rings. The van der Waals surface area contributed by atoms with Crippen molar-refractivity contribution in [3.63, 3.8) is 0 Å². The van der Waals surface area contributed by atoms with Crippen LogP contribution in [0.2, 0.25) is 0 Å². The molecule has 11 heteroatoms. The van der Waals surface area contributed by atoms with Crippen molar-refractivity contribution < 1.29 is 49.0 Å². The molecule has 3 rings (SSSR count). The molecule has 2 fully saturated rings. The van der Waals surface area contributed by atoms with Gasteiger partial charge in [0.2, 0.25) is 0 Å². The number of hydrogen-bond acceptors (Lipinski definition) is 11. The normalized spacial score (nSPS) is 32.2. The summed E-state index contributed by atoms with van der Waals surface area (Å²) in [7, 11) is 2.60. The maximum Gasteiger partial charge on any atom is 0.338 e. The first-order valence-electron chi connectivity index (χ1n) is 9.26. The molecule has 31 heavy (non-hydrogen) atoms. The van der Waals surface area contributed by atoms with E-state index in [1.54, 1.807) is 17.4 Å². The van der Waals surface area contributed by atoms with Gasteiger partial charge in [-0.05, 0) is 22.4 Å². The van der Waals surface area contributed by atoms with E-state index < -0.39 is 60.8 Å². The Morgan fingerprint density at radius 2 is 1.55 bits per heavy atom. The SMILES string of the molecule is C=C[C@@H](O)C1OC(=O)[C@H](OC)C1O.CO[C@H]1C(=O)OC([C@H](O)/C=C/c2ccsc2)C1O. The Labute approximate surface area is 182 Å². The molecule has 0 aliphatic carbocycles. The lowest BCUT2D eigenvalue weighted by molar-refractivity contribution is -0.151. The zero-order valence-electron chi connectivity index (χ0n) is 16.9. The molecule has 10 nitrogen and oxygen atoms in total. The van der Waals surface area contributed by atoms with Crippen LogP contribution in [0.25, 0.3) is 6.08 Å². The van der Waals surface area contributed by atoms with Gasteiger partial charge >= 0.3 is 11.9 Å². The highest BCUT2D eigenvalue weighted by atomic mass is 32.1. The van der Waals surface area contributed by atoms with E-state index in [0.717, 1.165) is 5.56 Å². The molecule has 0 saturated carbocycles. The molecule has 0 spiro atoms. The lowest BCUT2D eigenvalue weighted by Crippen LogP contribution is -2.38. The van der Waals surface area contributed by atoms with E-state index in [1.807, 2.05) is 16.8 Å². The fourth-order valence-corrected chi connectivity index (χ4v) is 3.63. The highest BCUT2D eigenvalue weighted by Gasteiger charge is 2.47. The van der Waals surface area contributed by atoms with Crippen LogP contribution in [0, 0.1) is 0 Å². The molecule has 1 aromatic heterocycles. The first kappa shape index (κ1) is 25.1. The number of carbonyl (C=O) groups excluding carboxylic acids is 2. The standard InChI is InChI=1S/C12H14O5S.C8H12O5/c1-16-11-9(14)10(17-12(11)15)8(13)3-2-7-4-5-18-6-7;1-3-4(9)6-5(10)7(12-2)8(11)13-6/h2-6,8-11,13-14H,1H3;3-7,9-10H,1H2,2H3/b3-2+;/t8-,9?,10?,11-;4-,5?,6?,7-/m11/s1. The van der Waals surface area contributed by atoms with Gasteiger partial charge < -0.3 is 39.4 Å². The zero-order valence-corrected chi connectivity index (χ0v) is 17.8. The summed E-state index contributed by atoms with van der Waals surface area (Å²) in [5.74, 6) is -1.32. The van der Waals surface area contributed by atoms with Gasteiger partial charge in [-0.1, -0.05) is 18.2 Å². The van der Waals surface area contributed by atoms with Gasteiger partial charge in [-0.3, -0.25) is 0 Å². The van der Waals surface area contributed by atoms with E-state index >= 15 is 0 Å². The van der Waals surface area contributed by atoms with Crippen LogP contribution >= 0.6 is 11.3 Å². The van der Waals surface area contributed by atoms with E-state index in [0.29, 0.717) is 0 Å². The Balaban J connectivity index is 0.000000233. The predicted octanol–water partition coefficient (Wildman–Crippen LogP) is -0.742. The Kier molecular flexibility index (Phi) is 9.32. The molecule has 2 aliphatic heterocycles. The molecule has 172 valence electrons. The fraction of sp³-hybridized carbons (Fsp3) is 0.500. The molecular formula is C20H26O10S. The van der Waals surface area contributed by atoms with Crippen molar-refractivity contribution in [1.29, 1.82) is 0 Å². The summed E-state index contributed by atoms with van der Waals surface area (Å²) in [5, 5.41) is 42.2. The molecule has 0 radical (unpaired) electrons. The van der Waals surface area contributed by atoms with Gasteiger partial charge in [0, 0.05) is 14.2 Å². The van der Waals surface area contributed by atoms with Gasteiger partial charge in [-0.2, -0.15) is 11.3 Å². The molecular weight excluding hydrogens is 432 g/mol. The Morgan fingerprint density at radius 3 is 1.94 bits per heavy atom. The van der Waals surface area contributed by atoms with Crippen LogP contribution in [0.15, 0.2) is 35.6 Å². The Morgan fingerprint density at radius 1 is 1.03 bits per heavy atom. The van der Waals surface area contributed by atoms with Crippen LogP contribution in [-0.4, -0.2) is 95.4 Å². The lowest BCUT2D eigenvalue weighted by atomic mass is 10.1. The second kappa shape index (κ2) is 11.5. The molecule has 0 bridgehead atoms. The topological polar surface area (TPSA) is 152 Å². The molecule has 0 amide bonds. The van der Waals surface area contributed by atoms with Crippen molar-refractivity contribution in [2.45, 2.75) is 48.8 Å². The lowest BCUT2D eigenvalue weighted by Gasteiger charge is -2.17. The summed E-state index contributed by atoms with van der Waals surface area (Å²) in [6, 6.07) is 1.89. The van der Waals surface area contributed by atoms with Gasteiger partial charge in [0.1, 0.15) is 24.4 Å². The highest BCUT2D eigenvalue weighted by molar-refractivity contribution is 7.08. The number of hydrogen-bond donors (Lipinski definition) is 4. The van der Waals surface area contributed by atoms with E-state index in [9.17, 15) is 30.0 Å². The number of aliphatic hydroxyl groups excluding tert-OH is 4. The third-order valence-electron chi connectivity index (χ3n) is 4.71. The van der Waals surface area contributed by atoms with Gasteiger partial charge in [0.25, 0.3) is 0 Å². The summed E-state index contributed by atoms with van der Waals surface area (Å²) >= 11 is 1.54. The molecule has 2 saturated heterocycles. The first-order valence-corrected chi connectivity index (χ1v) is 10.2. The van der Waals surface area contributed by atoms with Crippen LogP contribution in [-0.2, 0) is 28.5 Å². The summed E-state index contributed by atoms with van der Waals surface area (Å²) in [6.45, 7) is 3.32. The maximum atomic E-state index is 11.3. The third-order valence-corrected chi connectivity index (χ3v) is 5.42. The summed E-state index contributed by atoms with van der Waals surface area (Å²) in [4.78, 5) is 22.3. The third kappa shape index (κ3) is 5.98. The molecule has 3 heterocycles. The largest absolute Gasteiger partial charge is 0.454 e. The number of cyclic esters (lactones) is 2. The maximum absolute atomic E-state index is 11.3. The van der Waals surface area contributed by atoms with E-state index in [1.165, 1.54) is 26.4 Å². The number of methoxy groups -OCH3 is 2. The van der Waals surface area contributed by atoms with E-state index in [4.69, 9.17) is 18.9 Å². The number of rotatable bonds is 7. The van der Waals surface area contributed by atoms with Gasteiger partial charge in [0.05, 0.1) is 0 Å². The van der Waals surface area contributed by atoms with Crippen molar-refractivity contribution in [3.8, 4) is 0 Å². The number of aliphatic hydroxyl groups is 4. The minimum Gasteiger partial charge on any atom is -0.454 e. The van der Waals surface area contributed by atoms with Gasteiger partial charge in [-0.25, -0.2) is 9.59 Å². The van der Waals surface area contributed by atoms with Crippen molar-refractivity contribution in [3.05, 3.63) is 41.1 Å². The summed E-state index contributed by atoms with van der Waals surface area (Å²) in [5.41, 5.74) is 0.946. The predicted molar refractivity (Wildman–Crippen MR) is 109 cm³/mol. The average Bonchev–Trinajstić information content (AvgIpc) is 3.44. The number of thiophene rings is 1. The number of ether oxygens (including phenoxy) is 4. The monoisotopic (exact) mass is 458 g/mol. The van der Waals surface area contributed by atoms with Gasteiger partial charge in [0.15, 0.2) is 24.4 Å². The smallest absolute Gasteiger partial charge is 0.338 e. The molecule has 0 aromatic carbocycles. The van der Waals surface area contributed by atoms with Crippen LogP contribution in [0.5, 0.6) is 0 Å². The van der Waals surface area contributed by atoms with Crippen molar-refractivity contribution in [2.24, 2.45) is 0 Å². The van der Waals surface area contributed by atoms with Crippen LogP contribution in [0.3, 0.4) is 0 Å². The summed E-state index contributed by atoms with van der Waals surface area (Å²) in [6.07, 6.45) is -4.06. The average molecular weight is 458 g/mol. The quantitative estimate of drug-likeness (QED) is 0.304. The van der Waals surface area contributed by atoms with E-state index in [2.05, 4.69) is 6.58 Å². The van der Waals surface area contributed by atoms with E-state index in [-0.39, 0.29) is 0 Å². The van der Waals surface area contributed by atoms with Crippen molar-refractivity contribution >= 4 is 29.4 Å².